The van der Waals surface area contributed by atoms with E-state index in [1.165, 1.54) is 19.1 Å². The monoisotopic (exact) mass is 365 g/mol. The number of carbonyl (C=O) groups is 1. The Bertz CT molecular complexity index is 803. The number of anilines is 2. The molecule has 1 aliphatic rings. The molecule has 1 N–H and O–H groups in total. The summed E-state index contributed by atoms with van der Waals surface area (Å²) in [5.41, 5.74) is -0.269. The van der Waals surface area contributed by atoms with Crippen molar-refractivity contribution in [1.29, 1.82) is 0 Å². The molecule has 2 aromatic rings. The largest absolute Gasteiger partial charge is 0.416 e. The van der Waals surface area contributed by atoms with Crippen molar-refractivity contribution in [3.8, 4) is 0 Å². The van der Waals surface area contributed by atoms with Gasteiger partial charge >= 0.3 is 6.18 Å². The molecule has 0 spiro atoms. The van der Waals surface area contributed by atoms with E-state index in [1.54, 1.807) is 18.3 Å². The van der Waals surface area contributed by atoms with Crippen LogP contribution in [0.2, 0.25) is 0 Å². The molecule has 3 rings (SSSR count). The highest BCUT2D eigenvalue weighted by atomic mass is 19.4. The van der Waals surface area contributed by atoms with Crippen molar-refractivity contribution in [2.45, 2.75) is 13.1 Å². The molecule has 0 saturated carbocycles. The minimum atomic E-state index is -4.47. The number of ether oxygens (including phenoxy) is 1. The molecule has 0 radical (unpaired) electrons. The van der Waals surface area contributed by atoms with Gasteiger partial charge in [0, 0.05) is 25.0 Å². The van der Waals surface area contributed by atoms with Crippen LogP contribution in [0.3, 0.4) is 0 Å². The Hall–Kier alpha value is -2.61. The molecule has 1 aromatic carbocycles. The van der Waals surface area contributed by atoms with Crippen LogP contribution < -0.4 is 10.2 Å². The van der Waals surface area contributed by atoms with Gasteiger partial charge in [0.25, 0.3) is 5.91 Å². The van der Waals surface area contributed by atoms with E-state index in [1.807, 2.05) is 4.90 Å². The molecule has 1 aromatic heterocycles. The van der Waals surface area contributed by atoms with Crippen molar-refractivity contribution in [3.63, 3.8) is 0 Å². The number of nitrogens with zero attached hydrogens (tertiary/aromatic N) is 2. The van der Waals surface area contributed by atoms with E-state index >= 15 is 0 Å². The number of halogens is 3. The van der Waals surface area contributed by atoms with Crippen LogP contribution in [0.15, 0.2) is 36.5 Å². The Morgan fingerprint density at radius 3 is 2.65 bits per heavy atom. The predicted octanol–water partition coefficient (Wildman–Crippen LogP) is 3.50. The van der Waals surface area contributed by atoms with E-state index in [9.17, 15) is 18.0 Å². The first-order valence-corrected chi connectivity index (χ1v) is 8.13. The number of hydrogen-bond acceptors (Lipinski definition) is 4. The summed E-state index contributed by atoms with van der Waals surface area (Å²) < 4.78 is 44.5. The molecule has 2 heterocycles. The lowest BCUT2D eigenvalue weighted by atomic mass is 10.1. The smallest absolute Gasteiger partial charge is 0.378 e. The Labute approximate surface area is 148 Å². The van der Waals surface area contributed by atoms with Gasteiger partial charge in [-0.2, -0.15) is 13.2 Å². The lowest BCUT2D eigenvalue weighted by Crippen LogP contribution is -2.38. The first-order chi connectivity index (χ1) is 12.4. The summed E-state index contributed by atoms with van der Waals surface area (Å²) in [6, 6.07) is 6.96. The maximum atomic E-state index is 13.1. The molecule has 1 fully saturated rings. The van der Waals surface area contributed by atoms with Gasteiger partial charge in [-0.1, -0.05) is 6.07 Å². The third-order valence-corrected chi connectivity index (χ3v) is 4.14. The normalized spacial score (nSPS) is 15.0. The maximum Gasteiger partial charge on any atom is 0.416 e. The third-order valence-electron chi connectivity index (χ3n) is 4.14. The summed E-state index contributed by atoms with van der Waals surface area (Å²) in [4.78, 5) is 18.8. The highest BCUT2D eigenvalue weighted by Gasteiger charge is 2.32. The van der Waals surface area contributed by atoms with Crippen LogP contribution in [0.5, 0.6) is 0 Å². The first kappa shape index (κ1) is 18.2. The van der Waals surface area contributed by atoms with Crippen LogP contribution in [0.25, 0.3) is 0 Å². The number of morpholine rings is 1. The van der Waals surface area contributed by atoms with Gasteiger partial charge in [-0.05, 0) is 36.8 Å². The second kappa shape index (κ2) is 7.33. The fraction of sp³-hybridized carbons (Fsp3) is 0.333. The van der Waals surface area contributed by atoms with E-state index in [0.29, 0.717) is 37.7 Å². The van der Waals surface area contributed by atoms with Crippen molar-refractivity contribution in [1.82, 2.24) is 4.98 Å². The molecular formula is C18H18F3N3O2. The highest BCUT2D eigenvalue weighted by Crippen LogP contribution is 2.33. The van der Waals surface area contributed by atoms with Crippen molar-refractivity contribution >= 4 is 17.4 Å². The number of pyridine rings is 1. The second-order valence-corrected chi connectivity index (χ2v) is 5.96. The lowest BCUT2D eigenvalue weighted by molar-refractivity contribution is -0.138. The van der Waals surface area contributed by atoms with E-state index in [2.05, 4.69) is 10.3 Å². The third kappa shape index (κ3) is 3.96. The summed E-state index contributed by atoms with van der Waals surface area (Å²) in [6.45, 7) is 3.64. The van der Waals surface area contributed by atoms with Gasteiger partial charge < -0.3 is 15.0 Å². The van der Waals surface area contributed by atoms with Crippen LogP contribution in [-0.4, -0.2) is 37.2 Å². The number of rotatable bonds is 3. The summed E-state index contributed by atoms with van der Waals surface area (Å²) in [7, 11) is 0. The number of aryl methyl sites for hydroxylation is 1. The Kier molecular flexibility index (Phi) is 5.13. The number of alkyl halides is 3. The molecule has 1 aliphatic heterocycles. The van der Waals surface area contributed by atoms with Crippen LogP contribution in [0.4, 0.5) is 24.7 Å². The molecule has 0 unspecified atom stereocenters. The van der Waals surface area contributed by atoms with Gasteiger partial charge in [-0.15, -0.1) is 0 Å². The van der Waals surface area contributed by atoms with E-state index < -0.39 is 17.6 Å². The number of hydrogen-bond donors (Lipinski definition) is 1. The van der Waals surface area contributed by atoms with Gasteiger partial charge in [0.2, 0.25) is 0 Å². The van der Waals surface area contributed by atoms with Crippen LogP contribution >= 0.6 is 0 Å². The Balaban J connectivity index is 1.85. The molecule has 0 atom stereocenters. The number of benzene rings is 1. The van der Waals surface area contributed by atoms with Crippen molar-refractivity contribution < 1.29 is 22.7 Å². The average molecular weight is 365 g/mol. The van der Waals surface area contributed by atoms with Gasteiger partial charge in [0.15, 0.2) is 0 Å². The summed E-state index contributed by atoms with van der Waals surface area (Å²) in [5, 5.41) is 2.54. The SMILES string of the molecule is Cc1ccc(NC(=O)c2cccnc2N2CCOCC2)cc1C(F)(F)F. The van der Waals surface area contributed by atoms with Gasteiger partial charge in [-0.25, -0.2) is 4.98 Å². The molecule has 1 amide bonds. The van der Waals surface area contributed by atoms with Gasteiger partial charge in [0.1, 0.15) is 5.82 Å². The second-order valence-electron chi connectivity index (χ2n) is 5.96. The minimum absolute atomic E-state index is 0.0877. The van der Waals surface area contributed by atoms with Crippen molar-refractivity contribution in [3.05, 3.63) is 53.2 Å². The minimum Gasteiger partial charge on any atom is -0.378 e. The van der Waals surface area contributed by atoms with Crippen LogP contribution in [0.1, 0.15) is 21.5 Å². The molecule has 5 nitrogen and oxygen atoms in total. The predicted molar refractivity (Wildman–Crippen MR) is 91.4 cm³/mol. The zero-order valence-corrected chi connectivity index (χ0v) is 14.1. The molecule has 1 saturated heterocycles. The highest BCUT2D eigenvalue weighted by molar-refractivity contribution is 6.07. The van der Waals surface area contributed by atoms with Crippen LogP contribution in [-0.2, 0) is 10.9 Å². The summed E-state index contributed by atoms with van der Waals surface area (Å²) in [6.07, 6.45) is -2.90. The van der Waals surface area contributed by atoms with E-state index in [0.717, 1.165) is 6.07 Å². The zero-order valence-electron chi connectivity index (χ0n) is 14.1. The zero-order chi connectivity index (χ0) is 18.7. The van der Waals surface area contributed by atoms with Crippen LogP contribution in [0, 0.1) is 6.92 Å². The maximum absolute atomic E-state index is 13.1. The molecule has 8 heteroatoms. The molecular weight excluding hydrogens is 347 g/mol. The summed E-state index contributed by atoms with van der Waals surface area (Å²) in [5.74, 6) is -0.00646. The van der Waals surface area contributed by atoms with Gasteiger partial charge in [0.05, 0.1) is 24.3 Å². The van der Waals surface area contributed by atoms with E-state index in [4.69, 9.17) is 4.74 Å². The Morgan fingerprint density at radius 2 is 1.96 bits per heavy atom. The fourth-order valence-electron chi connectivity index (χ4n) is 2.80. The molecule has 0 aliphatic carbocycles. The molecule has 138 valence electrons. The topological polar surface area (TPSA) is 54.5 Å². The number of carbonyl (C=O) groups excluding carboxylic acids is 1. The molecule has 0 bridgehead atoms. The molecule has 26 heavy (non-hydrogen) atoms. The van der Waals surface area contributed by atoms with Crippen molar-refractivity contribution in [2.75, 3.05) is 36.5 Å². The lowest BCUT2D eigenvalue weighted by Gasteiger charge is -2.29. The number of aromatic nitrogens is 1. The van der Waals surface area contributed by atoms with Gasteiger partial charge in [-0.3, -0.25) is 4.79 Å². The fourth-order valence-corrected chi connectivity index (χ4v) is 2.80. The average Bonchev–Trinajstić information content (AvgIpc) is 2.63. The number of amides is 1. The summed E-state index contributed by atoms with van der Waals surface area (Å²) >= 11 is 0. The van der Waals surface area contributed by atoms with Crippen molar-refractivity contribution in [2.24, 2.45) is 0 Å². The number of nitrogens with one attached hydrogen (secondary N) is 1. The quantitative estimate of drug-likeness (QED) is 0.905. The van der Waals surface area contributed by atoms with E-state index in [-0.39, 0.29) is 11.3 Å². The Morgan fingerprint density at radius 1 is 1.23 bits per heavy atom. The standard InChI is InChI=1S/C18H18F3N3O2/c1-12-4-5-13(11-15(12)18(19,20)21)23-17(25)14-3-2-6-22-16(14)24-7-9-26-10-8-24/h2-6,11H,7-10H2,1H3,(H,23,25). The first-order valence-electron chi connectivity index (χ1n) is 8.13.